The summed E-state index contributed by atoms with van der Waals surface area (Å²) in [5.74, 6) is -1.42. The molecule has 100 valence electrons. The molecule has 0 amide bonds. The van der Waals surface area contributed by atoms with Gasteiger partial charge in [-0.25, -0.2) is 9.18 Å². The minimum absolute atomic E-state index is 0.0400. The molecule has 2 aromatic rings. The van der Waals surface area contributed by atoms with Crippen LogP contribution in [0.25, 0.3) is 11.5 Å². The first-order chi connectivity index (χ1) is 9.02. The average molecular weight is 264 g/mol. The van der Waals surface area contributed by atoms with E-state index in [1.54, 1.807) is 19.1 Å². The van der Waals surface area contributed by atoms with Crippen LogP contribution >= 0.6 is 0 Å². The second kappa shape index (κ2) is 5.09. The second-order valence-corrected chi connectivity index (χ2v) is 3.94. The highest BCUT2D eigenvalue weighted by Crippen LogP contribution is 2.27. The summed E-state index contributed by atoms with van der Waals surface area (Å²) in [5.41, 5.74) is 6.40. The first-order valence-corrected chi connectivity index (χ1v) is 5.73. The third-order valence-corrected chi connectivity index (χ3v) is 2.47. The number of carbonyl (C=O) groups excluding carboxylic acids is 1. The van der Waals surface area contributed by atoms with Crippen LogP contribution in [0.5, 0.6) is 0 Å². The van der Waals surface area contributed by atoms with Gasteiger partial charge in [-0.15, -0.1) is 0 Å². The maximum atomic E-state index is 13.7. The molecule has 0 unspecified atom stereocenters. The Kier molecular flexibility index (Phi) is 3.50. The summed E-state index contributed by atoms with van der Waals surface area (Å²) >= 11 is 0. The highest BCUT2D eigenvalue weighted by Gasteiger charge is 2.21. The number of rotatable bonds is 3. The highest BCUT2D eigenvalue weighted by molar-refractivity contribution is 5.92. The molecule has 0 atom stereocenters. The number of benzene rings is 1. The summed E-state index contributed by atoms with van der Waals surface area (Å²) in [6.07, 6.45) is 0. The summed E-state index contributed by atoms with van der Waals surface area (Å²) < 4.78 is 23.6. The summed E-state index contributed by atoms with van der Waals surface area (Å²) in [6.45, 7) is 3.66. The normalized spacial score (nSPS) is 10.5. The Bertz CT molecular complexity index is 622. The minimum atomic E-state index is -0.692. The molecule has 0 fully saturated rings. The number of esters is 1. The van der Waals surface area contributed by atoms with Crippen LogP contribution in [0.3, 0.4) is 0 Å². The van der Waals surface area contributed by atoms with Crippen LogP contribution in [-0.4, -0.2) is 17.6 Å². The number of anilines is 1. The fourth-order valence-electron chi connectivity index (χ4n) is 1.60. The Labute approximate surface area is 109 Å². The van der Waals surface area contributed by atoms with Crippen molar-refractivity contribution in [3.8, 4) is 11.5 Å². The van der Waals surface area contributed by atoms with Crippen molar-refractivity contribution in [3.63, 3.8) is 0 Å². The number of nitrogens with zero attached hydrogens (tertiary/aromatic N) is 1. The van der Waals surface area contributed by atoms with Crippen LogP contribution in [-0.2, 0) is 4.74 Å². The number of nitrogens with two attached hydrogens (primary N) is 1. The van der Waals surface area contributed by atoms with Gasteiger partial charge >= 0.3 is 5.97 Å². The van der Waals surface area contributed by atoms with Crippen molar-refractivity contribution in [1.29, 1.82) is 0 Å². The van der Waals surface area contributed by atoms with Crippen LogP contribution in [0.15, 0.2) is 22.6 Å². The van der Waals surface area contributed by atoms with Gasteiger partial charge in [0.1, 0.15) is 5.82 Å². The SMILES string of the molecule is CCOC(=O)c1nc(-c2cc(C)ccc2F)oc1N. The van der Waals surface area contributed by atoms with E-state index in [4.69, 9.17) is 14.9 Å². The van der Waals surface area contributed by atoms with Crippen molar-refractivity contribution in [1.82, 2.24) is 4.98 Å². The first kappa shape index (κ1) is 13.1. The third-order valence-electron chi connectivity index (χ3n) is 2.47. The summed E-state index contributed by atoms with van der Waals surface area (Å²) in [7, 11) is 0. The Balaban J connectivity index is 2.44. The van der Waals surface area contributed by atoms with E-state index in [9.17, 15) is 9.18 Å². The zero-order chi connectivity index (χ0) is 14.0. The average Bonchev–Trinajstić information content (AvgIpc) is 2.74. The van der Waals surface area contributed by atoms with Crippen LogP contribution in [0, 0.1) is 12.7 Å². The Hall–Kier alpha value is -2.37. The van der Waals surface area contributed by atoms with Gasteiger partial charge < -0.3 is 14.9 Å². The highest BCUT2D eigenvalue weighted by atomic mass is 19.1. The van der Waals surface area contributed by atoms with Crippen LogP contribution in [0.1, 0.15) is 23.0 Å². The number of oxazole rings is 1. The maximum Gasteiger partial charge on any atom is 0.362 e. The van der Waals surface area contributed by atoms with Crippen molar-refractivity contribution in [2.24, 2.45) is 0 Å². The number of carbonyl (C=O) groups is 1. The largest absolute Gasteiger partial charge is 0.461 e. The molecule has 5 nitrogen and oxygen atoms in total. The van der Waals surface area contributed by atoms with Crippen molar-refractivity contribution in [2.75, 3.05) is 12.3 Å². The van der Waals surface area contributed by atoms with Crippen LogP contribution < -0.4 is 5.73 Å². The molecule has 1 heterocycles. The van der Waals surface area contributed by atoms with E-state index < -0.39 is 11.8 Å². The van der Waals surface area contributed by atoms with E-state index in [1.165, 1.54) is 6.07 Å². The van der Waals surface area contributed by atoms with Gasteiger partial charge in [-0.2, -0.15) is 4.98 Å². The maximum absolute atomic E-state index is 13.7. The van der Waals surface area contributed by atoms with E-state index in [1.807, 2.05) is 6.92 Å². The van der Waals surface area contributed by atoms with E-state index in [-0.39, 0.29) is 29.6 Å². The van der Waals surface area contributed by atoms with Crippen LogP contribution in [0.2, 0.25) is 0 Å². The van der Waals surface area contributed by atoms with Gasteiger partial charge in [0.2, 0.25) is 17.5 Å². The minimum Gasteiger partial charge on any atom is -0.461 e. The van der Waals surface area contributed by atoms with Crippen molar-refractivity contribution in [3.05, 3.63) is 35.3 Å². The number of ether oxygens (including phenoxy) is 1. The van der Waals surface area contributed by atoms with Gasteiger partial charge in [-0.3, -0.25) is 0 Å². The Morgan fingerprint density at radius 1 is 1.53 bits per heavy atom. The Morgan fingerprint density at radius 3 is 2.95 bits per heavy atom. The third kappa shape index (κ3) is 2.57. The van der Waals surface area contributed by atoms with Gasteiger partial charge in [-0.1, -0.05) is 11.6 Å². The molecule has 19 heavy (non-hydrogen) atoms. The fourth-order valence-corrected chi connectivity index (χ4v) is 1.60. The molecule has 0 bridgehead atoms. The lowest BCUT2D eigenvalue weighted by Gasteiger charge is -1.99. The van der Waals surface area contributed by atoms with Gasteiger partial charge in [0.15, 0.2) is 0 Å². The molecule has 6 heteroatoms. The topological polar surface area (TPSA) is 78.3 Å². The van der Waals surface area contributed by atoms with Gasteiger partial charge in [0.05, 0.1) is 12.2 Å². The molecule has 1 aromatic carbocycles. The van der Waals surface area contributed by atoms with Crippen LogP contribution in [0.4, 0.5) is 10.3 Å². The fraction of sp³-hybridized carbons (Fsp3) is 0.231. The smallest absolute Gasteiger partial charge is 0.362 e. The van der Waals surface area contributed by atoms with E-state index >= 15 is 0 Å². The zero-order valence-electron chi connectivity index (χ0n) is 10.6. The molecule has 0 aliphatic carbocycles. The summed E-state index contributed by atoms with van der Waals surface area (Å²) in [5, 5.41) is 0. The lowest BCUT2D eigenvalue weighted by atomic mass is 10.1. The number of hydrogen-bond donors (Lipinski definition) is 1. The second-order valence-electron chi connectivity index (χ2n) is 3.94. The van der Waals surface area contributed by atoms with E-state index in [0.29, 0.717) is 0 Å². The lowest BCUT2D eigenvalue weighted by molar-refractivity contribution is 0.0521. The monoisotopic (exact) mass is 264 g/mol. The summed E-state index contributed by atoms with van der Waals surface area (Å²) in [6, 6.07) is 4.49. The van der Waals surface area contributed by atoms with E-state index in [2.05, 4.69) is 4.98 Å². The standard InChI is InChI=1S/C13H13FN2O3/c1-3-18-13(17)10-11(15)19-12(16-10)8-6-7(2)4-5-9(8)14/h4-6H,3,15H2,1-2H3. The first-order valence-electron chi connectivity index (χ1n) is 5.73. The molecule has 0 saturated heterocycles. The number of hydrogen-bond acceptors (Lipinski definition) is 5. The van der Waals surface area contributed by atoms with Crippen molar-refractivity contribution in [2.45, 2.75) is 13.8 Å². The molecule has 0 saturated carbocycles. The molecule has 0 aliphatic heterocycles. The lowest BCUT2D eigenvalue weighted by Crippen LogP contribution is -2.07. The van der Waals surface area contributed by atoms with Gasteiger partial charge in [-0.05, 0) is 26.0 Å². The quantitative estimate of drug-likeness (QED) is 0.862. The Morgan fingerprint density at radius 2 is 2.26 bits per heavy atom. The molecule has 2 N–H and O–H groups in total. The molecule has 0 spiro atoms. The number of halogens is 1. The van der Waals surface area contributed by atoms with Gasteiger partial charge in [0.25, 0.3) is 0 Å². The number of aromatic nitrogens is 1. The number of aryl methyl sites for hydroxylation is 1. The zero-order valence-corrected chi connectivity index (χ0v) is 10.6. The molecular weight excluding hydrogens is 251 g/mol. The van der Waals surface area contributed by atoms with Crippen molar-refractivity contribution < 1.29 is 18.3 Å². The molecule has 2 rings (SSSR count). The molecule has 1 aromatic heterocycles. The number of nitrogen functional groups attached to an aromatic ring is 1. The van der Waals surface area contributed by atoms with Crippen molar-refractivity contribution >= 4 is 11.9 Å². The van der Waals surface area contributed by atoms with Gasteiger partial charge in [0, 0.05) is 0 Å². The summed E-state index contributed by atoms with van der Waals surface area (Å²) in [4.78, 5) is 15.4. The molecule has 0 aliphatic rings. The predicted molar refractivity (Wildman–Crippen MR) is 67.0 cm³/mol. The molecule has 0 radical (unpaired) electrons. The van der Waals surface area contributed by atoms with E-state index in [0.717, 1.165) is 5.56 Å². The predicted octanol–water partition coefficient (Wildman–Crippen LogP) is 2.55. The molecular formula is C13H13FN2O3.